The second kappa shape index (κ2) is 5.86. The molecule has 0 amide bonds. The van der Waals surface area contributed by atoms with Crippen LogP contribution in [-0.2, 0) is 5.75 Å². The maximum Gasteiger partial charge on any atom is 0.354 e. The summed E-state index contributed by atoms with van der Waals surface area (Å²) < 4.78 is 0. The highest BCUT2D eigenvalue weighted by atomic mass is 32.2. The second-order valence-corrected chi connectivity index (χ2v) is 4.94. The van der Waals surface area contributed by atoms with Gasteiger partial charge in [0.05, 0.1) is 6.10 Å². The van der Waals surface area contributed by atoms with Crippen LogP contribution in [0.15, 0.2) is 18.3 Å². The van der Waals surface area contributed by atoms with Gasteiger partial charge in [0, 0.05) is 17.2 Å². The summed E-state index contributed by atoms with van der Waals surface area (Å²) in [5.41, 5.74) is 0.778. The molecule has 0 aliphatic rings. The van der Waals surface area contributed by atoms with Gasteiger partial charge in [0.1, 0.15) is 0 Å². The molecule has 1 aromatic rings. The van der Waals surface area contributed by atoms with Crippen LogP contribution in [0.25, 0.3) is 0 Å². The van der Waals surface area contributed by atoms with Crippen molar-refractivity contribution in [3.63, 3.8) is 0 Å². The number of aliphatic hydroxyl groups is 1. The van der Waals surface area contributed by atoms with Gasteiger partial charge >= 0.3 is 5.97 Å². The second-order valence-electron chi connectivity index (χ2n) is 3.57. The molecule has 0 saturated carbocycles. The Morgan fingerprint density at radius 3 is 2.81 bits per heavy atom. The van der Waals surface area contributed by atoms with E-state index in [4.69, 9.17) is 5.11 Å². The number of hydrogen-bond acceptors (Lipinski definition) is 4. The van der Waals surface area contributed by atoms with Crippen LogP contribution in [-0.4, -0.2) is 32.5 Å². The van der Waals surface area contributed by atoms with E-state index in [0.29, 0.717) is 11.3 Å². The molecule has 16 heavy (non-hydrogen) atoms. The van der Waals surface area contributed by atoms with Crippen LogP contribution in [0.5, 0.6) is 0 Å². The molecule has 2 atom stereocenters. The average molecular weight is 241 g/mol. The molecule has 2 unspecified atom stereocenters. The first-order valence-electron chi connectivity index (χ1n) is 4.99. The smallest absolute Gasteiger partial charge is 0.354 e. The highest BCUT2D eigenvalue weighted by molar-refractivity contribution is 7.99. The number of nitrogens with zero attached hydrogens (tertiary/aromatic N) is 1. The molecule has 2 N–H and O–H groups in total. The molecular weight excluding hydrogens is 226 g/mol. The quantitative estimate of drug-likeness (QED) is 0.822. The van der Waals surface area contributed by atoms with Gasteiger partial charge in [0.25, 0.3) is 0 Å². The lowest BCUT2D eigenvalue weighted by Gasteiger charge is -2.14. The number of aliphatic hydroxyl groups excluding tert-OH is 1. The van der Waals surface area contributed by atoms with Crippen LogP contribution in [0.4, 0.5) is 0 Å². The fourth-order valence-electron chi connectivity index (χ4n) is 1.11. The highest BCUT2D eigenvalue weighted by Crippen LogP contribution is 2.21. The molecule has 0 spiro atoms. The van der Waals surface area contributed by atoms with E-state index >= 15 is 0 Å². The van der Waals surface area contributed by atoms with Crippen molar-refractivity contribution in [2.45, 2.75) is 31.0 Å². The topological polar surface area (TPSA) is 70.4 Å². The number of hydrogen-bond donors (Lipinski definition) is 2. The van der Waals surface area contributed by atoms with E-state index in [1.54, 1.807) is 19.1 Å². The first kappa shape index (κ1) is 13.0. The van der Waals surface area contributed by atoms with Crippen molar-refractivity contribution >= 4 is 17.7 Å². The lowest BCUT2D eigenvalue weighted by Crippen LogP contribution is -2.15. The van der Waals surface area contributed by atoms with Crippen molar-refractivity contribution in [2.75, 3.05) is 0 Å². The van der Waals surface area contributed by atoms with E-state index in [-0.39, 0.29) is 10.9 Å². The number of aromatic nitrogens is 1. The Bertz CT molecular complexity index is 368. The van der Waals surface area contributed by atoms with Crippen LogP contribution >= 0.6 is 11.8 Å². The zero-order valence-electron chi connectivity index (χ0n) is 9.25. The summed E-state index contributed by atoms with van der Waals surface area (Å²) in [4.78, 5) is 14.7. The van der Waals surface area contributed by atoms with Gasteiger partial charge in [0.2, 0.25) is 0 Å². The summed E-state index contributed by atoms with van der Waals surface area (Å²) in [5, 5.41) is 18.3. The summed E-state index contributed by atoms with van der Waals surface area (Å²) >= 11 is 1.52. The molecule has 0 aliphatic carbocycles. The van der Waals surface area contributed by atoms with Gasteiger partial charge in [-0.15, -0.1) is 0 Å². The van der Waals surface area contributed by atoms with Gasteiger partial charge in [0.15, 0.2) is 5.69 Å². The van der Waals surface area contributed by atoms with E-state index in [0.717, 1.165) is 0 Å². The summed E-state index contributed by atoms with van der Waals surface area (Å²) in [6, 6.07) is 3.47. The molecule has 0 aliphatic heterocycles. The lowest BCUT2D eigenvalue weighted by molar-refractivity contribution is 0.0689. The zero-order chi connectivity index (χ0) is 12.1. The number of thioether (sulfide) groups is 1. The van der Waals surface area contributed by atoms with E-state index in [9.17, 15) is 9.90 Å². The highest BCUT2D eigenvalue weighted by Gasteiger charge is 2.14. The molecule has 5 heteroatoms. The predicted molar refractivity (Wildman–Crippen MR) is 63.6 cm³/mol. The molecule has 0 bridgehead atoms. The molecular formula is C11H15NO3S. The Hall–Kier alpha value is -1.07. The Kier molecular flexibility index (Phi) is 4.76. The normalized spacial score (nSPS) is 14.4. The Morgan fingerprint density at radius 2 is 2.25 bits per heavy atom. The summed E-state index contributed by atoms with van der Waals surface area (Å²) in [6.07, 6.45) is 1.06. The third-order valence-electron chi connectivity index (χ3n) is 2.27. The van der Waals surface area contributed by atoms with Crippen LogP contribution in [0, 0.1) is 0 Å². The van der Waals surface area contributed by atoms with Crippen molar-refractivity contribution in [2.24, 2.45) is 0 Å². The number of rotatable bonds is 5. The molecule has 1 aromatic heterocycles. The lowest BCUT2D eigenvalue weighted by atomic mass is 10.2. The fourth-order valence-corrected chi connectivity index (χ4v) is 2.06. The first-order valence-corrected chi connectivity index (χ1v) is 6.04. The van der Waals surface area contributed by atoms with Crippen LogP contribution < -0.4 is 0 Å². The molecule has 1 rings (SSSR count). The summed E-state index contributed by atoms with van der Waals surface area (Å²) in [5.74, 6) is -0.470. The monoisotopic (exact) mass is 241 g/mol. The molecule has 0 radical (unpaired) electrons. The van der Waals surface area contributed by atoms with Crippen molar-refractivity contribution in [3.05, 3.63) is 29.6 Å². The van der Waals surface area contributed by atoms with Gasteiger partial charge in [-0.25, -0.2) is 9.78 Å². The van der Waals surface area contributed by atoms with Gasteiger partial charge < -0.3 is 10.2 Å². The van der Waals surface area contributed by atoms with E-state index in [1.807, 2.05) is 6.92 Å². The van der Waals surface area contributed by atoms with E-state index in [2.05, 4.69) is 4.98 Å². The molecule has 88 valence electrons. The number of carbonyl (C=O) groups is 1. The molecule has 0 saturated heterocycles. The minimum atomic E-state index is -1.01. The standard InChI is InChI=1S/C11H15NO3S/c1-7(13)8(2)16-6-9-4-3-5-12-10(9)11(14)15/h3-5,7-8,13H,6H2,1-2H3,(H,14,15). The predicted octanol–water partition coefficient (Wildman–Crippen LogP) is 1.78. The van der Waals surface area contributed by atoms with Crippen LogP contribution in [0.3, 0.4) is 0 Å². The van der Waals surface area contributed by atoms with Crippen molar-refractivity contribution in [1.82, 2.24) is 4.98 Å². The van der Waals surface area contributed by atoms with Gasteiger partial charge in [-0.3, -0.25) is 0 Å². The maximum absolute atomic E-state index is 10.9. The zero-order valence-corrected chi connectivity index (χ0v) is 10.1. The van der Waals surface area contributed by atoms with Crippen molar-refractivity contribution in [3.8, 4) is 0 Å². The van der Waals surface area contributed by atoms with E-state index < -0.39 is 12.1 Å². The van der Waals surface area contributed by atoms with Gasteiger partial charge in [-0.1, -0.05) is 13.0 Å². The minimum absolute atomic E-state index is 0.0712. The number of aromatic carboxylic acids is 1. The molecule has 1 heterocycles. The van der Waals surface area contributed by atoms with Crippen molar-refractivity contribution in [1.29, 1.82) is 0 Å². The molecule has 0 fully saturated rings. The van der Waals surface area contributed by atoms with Crippen LogP contribution in [0.2, 0.25) is 0 Å². The van der Waals surface area contributed by atoms with Gasteiger partial charge in [-0.05, 0) is 18.6 Å². The van der Waals surface area contributed by atoms with Crippen molar-refractivity contribution < 1.29 is 15.0 Å². The number of pyridine rings is 1. The van der Waals surface area contributed by atoms with Gasteiger partial charge in [-0.2, -0.15) is 11.8 Å². The Morgan fingerprint density at radius 1 is 1.56 bits per heavy atom. The fraction of sp³-hybridized carbons (Fsp3) is 0.455. The van der Waals surface area contributed by atoms with E-state index in [1.165, 1.54) is 18.0 Å². The average Bonchev–Trinajstić information content (AvgIpc) is 2.25. The number of carboxylic acid groups (broad SMARTS) is 1. The molecule has 0 aromatic carbocycles. The summed E-state index contributed by atoms with van der Waals surface area (Å²) in [6.45, 7) is 3.63. The third kappa shape index (κ3) is 3.50. The first-order chi connectivity index (χ1) is 7.52. The van der Waals surface area contributed by atoms with Crippen LogP contribution in [0.1, 0.15) is 29.9 Å². The largest absolute Gasteiger partial charge is 0.477 e. The Balaban J connectivity index is 2.70. The minimum Gasteiger partial charge on any atom is -0.477 e. The SMILES string of the molecule is CC(O)C(C)SCc1cccnc1C(=O)O. The summed E-state index contributed by atoms with van der Waals surface area (Å²) in [7, 11) is 0. The third-order valence-corrected chi connectivity index (χ3v) is 3.67. The maximum atomic E-state index is 10.9. The Labute approximate surface area is 98.7 Å². The molecule has 4 nitrogen and oxygen atoms in total. The number of carboxylic acids is 1.